The van der Waals surface area contributed by atoms with Crippen molar-refractivity contribution >= 4 is 5.97 Å². The maximum absolute atomic E-state index is 11.7. The average molecular weight is 199 g/mol. The van der Waals surface area contributed by atoms with E-state index in [1.807, 2.05) is 0 Å². The minimum Gasteiger partial charge on any atom is -0.469 e. The Hall–Kier alpha value is -0.610. The number of carbonyl (C=O) groups is 1. The van der Waals surface area contributed by atoms with Crippen LogP contribution in [0.3, 0.4) is 0 Å². The molecule has 1 atom stereocenters. The fourth-order valence-electron chi connectivity index (χ4n) is 2.81. The van der Waals surface area contributed by atoms with Crippen LogP contribution in [0.2, 0.25) is 0 Å². The van der Waals surface area contributed by atoms with E-state index in [2.05, 4.69) is 0 Å². The van der Waals surface area contributed by atoms with Crippen LogP contribution in [-0.2, 0) is 14.3 Å². The molecule has 1 saturated carbocycles. The molecule has 0 aromatic heterocycles. The predicted molar refractivity (Wildman–Crippen MR) is 50.6 cm³/mol. The Balaban J connectivity index is 2.14. The first-order valence-electron chi connectivity index (χ1n) is 5.07. The molecule has 4 heteroatoms. The molecule has 0 aromatic rings. The number of methoxy groups -OCH3 is 1. The highest BCUT2D eigenvalue weighted by atomic mass is 16.5. The molecule has 2 rings (SSSR count). The van der Waals surface area contributed by atoms with Gasteiger partial charge in [-0.3, -0.25) is 4.79 Å². The van der Waals surface area contributed by atoms with Gasteiger partial charge in [-0.2, -0.15) is 0 Å². The number of esters is 1. The second-order valence-corrected chi connectivity index (χ2v) is 4.35. The van der Waals surface area contributed by atoms with Gasteiger partial charge in [0.25, 0.3) is 0 Å². The largest absolute Gasteiger partial charge is 0.469 e. The van der Waals surface area contributed by atoms with Gasteiger partial charge in [-0.15, -0.1) is 0 Å². The number of hydrogen-bond acceptors (Lipinski definition) is 4. The van der Waals surface area contributed by atoms with Crippen LogP contribution in [0.25, 0.3) is 0 Å². The first kappa shape index (κ1) is 9.93. The third-order valence-corrected chi connectivity index (χ3v) is 3.90. The molecule has 0 aromatic carbocycles. The Morgan fingerprint density at radius 2 is 2.14 bits per heavy atom. The molecule has 2 fully saturated rings. The Bertz CT molecular complexity index is 248. The molecule has 1 aliphatic carbocycles. The molecule has 14 heavy (non-hydrogen) atoms. The molecule has 0 radical (unpaired) electrons. The van der Waals surface area contributed by atoms with Gasteiger partial charge in [0.2, 0.25) is 0 Å². The zero-order chi connectivity index (χ0) is 10.2. The van der Waals surface area contributed by atoms with Crippen molar-refractivity contribution < 1.29 is 14.3 Å². The topological polar surface area (TPSA) is 61.5 Å². The van der Waals surface area contributed by atoms with E-state index in [0.29, 0.717) is 6.54 Å². The van der Waals surface area contributed by atoms with Gasteiger partial charge in [0, 0.05) is 19.8 Å². The monoisotopic (exact) mass is 199 g/mol. The highest BCUT2D eigenvalue weighted by Crippen LogP contribution is 2.68. The maximum atomic E-state index is 11.7. The van der Waals surface area contributed by atoms with Crippen molar-refractivity contribution in [3.05, 3.63) is 0 Å². The second-order valence-electron chi connectivity index (χ2n) is 4.35. The first-order chi connectivity index (χ1) is 6.71. The van der Waals surface area contributed by atoms with E-state index < -0.39 is 5.41 Å². The number of hydrogen-bond donors (Lipinski definition) is 1. The van der Waals surface area contributed by atoms with Crippen molar-refractivity contribution in [3.8, 4) is 0 Å². The summed E-state index contributed by atoms with van der Waals surface area (Å²) >= 11 is 0. The molecule has 4 nitrogen and oxygen atoms in total. The molecule has 2 aliphatic rings. The lowest BCUT2D eigenvalue weighted by molar-refractivity contribution is -0.149. The highest BCUT2D eigenvalue weighted by molar-refractivity contribution is 5.82. The molecule has 80 valence electrons. The smallest absolute Gasteiger partial charge is 0.313 e. The van der Waals surface area contributed by atoms with Gasteiger partial charge < -0.3 is 15.2 Å². The number of nitrogens with two attached hydrogens (primary N) is 1. The Morgan fingerprint density at radius 3 is 2.64 bits per heavy atom. The van der Waals surface area contributed by atoms with Crippen molar-refractivity contribution in [2.45, 2.75) is 19.3 Å². The van der Waals surface area contributed by atoms with E-state index >= 15 is 0 Å². The molecule has 1 saturated heterocycles. The molecular weight excluding hydrogens is 182 g/mol. The predicted octanol–water partition coefficient (Wildman–Crippen LogP) is 0.305. The summed E-state index contributed by atoms with van der Waals surface area (Å²) in [6.45, 7) is 1.90. The number of carbonyl (C=O) groups excluding carboxylic acids is 1. The Kier molecular flexibility index (Phi) is 2.27. The van der Waals surface area contributed by atoms with E-state index in [-0.39, 0.29) is 11.4 Å². The van der Waals surface area contributed by atoms with Crippen molar-refractivity contribution in [2.24, 2.45) is 16.6 Å². The van der Waals surface area contributed by atoms with Gasteiger partial charge >= 0.3 is 5.97 Å². The van der Waals surface area contributed by atoms with E-state index in [1.54, 1.807) is 0 Å². The van der Waals surface area contributed by atoms with Gasteiger partial charge in [0.05, 0.1) is 12.5 Å². The molecule has 1 heterocycles. The van der Waals surface area contributed by atoms with Crippen LogP contribution in [0.1, 0.15) is 19.3 Å². The van der Waals surface area contributed by atoms with Crippen LogP contribution in [0.5, 0.6) is 0 Å². The molecule has 1 spiro atoms. The normalized spacial score (nSPS) is 34.1. The molecular formula is C10H17NO3. The molecule has 2 N–H and O–H groups in total. The molecule has 0 bridgehead atoms. The van der Waals surface area contributed by atoms with E-state index in [4.69, 9.17) is 15.2 Å². The number of ether oxygens (including phenoxy) is 2. The van der Waals surface area contributed by atoms with Crippen LogP contribution in [0, 0.1) is 10.8 Å². The van der Waals surface area contributed by atoms with Crippen molar-refractivity contribution in [3.63, 3.8) is 0 Å². The Labute approximate surface area is 83.7 Å². The van der Waals surface area contributed by atoms with Crippen LogP contribution in [-0.4, -0.2) is 32.8 Å². The molecule has 0 amide bonds. The average Bonchev–Trinajstić information content (AvgIpc) is 2.87. The fraction of sp³-hybridized carbons (Fsp3) is 0.900. The van der Waals surface area contributed by atoms with Crippen molar-refractivity contribution in [1.29, 1.82) is 0 Å². The van der Waals surface area contributed by atoms with Gasteiger partial charge in [-0.25, -0.2) is 0 Å². The second kappa shape index (κ2) is 3.21. The zero-order valence-corrected chi connectivity index (χ0v) is 8.54. The molecule has 0 unspecified atom stereocenters. The van der Waals surface area contributed by atoms with Crippen LogP contribution < -0.4 is 5.73 Å². The van der Waals surface area contributed by atoms with Crippen LogP contribution in [0.4, 0.5) is 0 Å². The van der Waals surface area contributed by atoms with Gasteiger partial charge in [-0.05, 0) is 24.7 Å². The minimum atomic E-state index is -0.397. The third kappa shape index (κ3) is 1.10. The summed E-state index contributed by atoms with van der Waals surface area (Å²) in [7, 11) is 1.44. The quantitative estimate of drug-likeness (QED) is 0.650. The maximum Gasteiger partial charge on any atom is 0.313 e. The van der Waals surface area contributed by atoms with Gasteiger partial charge in [0.15, 0.2) is 0 Å². The summed E-state index contributed by atoms with van der Waals surface area (Å²) in [6.07, 6.45) is 2.77. The standard InChI is InChI=1S/C10H17NO3/c1-13-8(12)10(7-11)6-9(10)2-4-14-5-3-9/h2-7,11H2,1H3/t10-/m1/s1. The number of rotatable bonds is 2. The summed E-state index contributed by atoms with van der Waals surface area (Å²) in [5.74, 6) is -0.137. The highest BCUT2D eigenvalue weighted by Gasteiger charge is 2.71. The van der Waals surface area contributed by atoms with Crippen LogP contribution >= 0.6 is 0 Å². The lowest BCUT2D eigenvalue weighted by Crippen LogP contribution is -2.35. The lowest BCUT2D eigenvalue weighted by Gasteiger charge is -2.27. The summed E-state index contributed by atoms with van der Waals surface area (Å²) in [4.78, 5) is 11.7. The summed E-state index contributed by atoms with van der Waals surface area (Å²) in [5.41, 5.74) is 5.40. The fourth-order valence-corrected chi connectivity index (χ4v) is 2.81. The van der Waals surface area contributed by atoms with Crippen molar-refractivity contribution in [2.75, 3.05) is 26.9 Å². The summed E-state index contributed by atoms with van der Waals surface area (Å²) in [5, 5.41) is 0. The Morgan fingerprint density at radius 1 is 1.50 bits per heavy atom. The van der Waals surface area contributed by atoms with Gasteiger partial charge in [-0.1, -0.05) is 0 Å². The van der Waals surface area contributed by atoms with E-state index in [9.17, 15) is 4.79 Å². The van der Waals surface area contributed by atoms with Crippen molar-refractivity contribution in [1.82, 2.24) is 0 Å². The summed E-state index contributed by atoms with van der Waals surface area (Å²) < 4.78 is 10.1. The van der Waals surface area contributed by atoms with Crippen LogP contribution in [0.15, 0.2) is 0 Å². The molecule has 1 aliphatic heterocycles. The lowest BCUT2D eigenvalue weighted by atomic mass is 9.86. The van der Waals surface area contributed by atoms with E-state index in [0.717, 1.165) is 32.5 Å². The minimum absolute atomic E-state index is 0.0904. The third-order valence-electron chi connectivity index (χ3n) is 3.90. The van der Waals surface area contributed by atoms with Gasteiger partial charge in [0.1, 0.15) is 0 Å². The summed E-state index contributed by atoms with van der Waals surface area (Å²) in [6, 6.07) is 0. The zero-order valence-electron chi connectivity index (χ0n) is 8.54. The SMILES string of the molecule is COC(=O)[C@]1(CN)CC12CCOCC2. The first-order valence-corrected chi connectivity index (χ1v) is 5.07. The van der Waals surface area contributed by atoms with E-state index in [1.165, 1.54) is 7.11 Å².